The van der Waals surface area contributed by atoms with Gasteiger partial charge in [0.05, 0.1) is 6.54 Å². The lowest BCUT2D eigenvalue weighted by molar-refractivity contribution is -0.124. The Morgan fingerprint density at radius 2 is 1.76 bits per heavy atom. The lowest BCUT2D eigenvalue weighted by Crippen LogP contribution is -2.50. The average molecular weight is 296 g/mol. The van der Waals surface area contributed by atoms with E-state index in [1.54, 1.807) is 0 Å². The molecule has 1 aliphatic heterocycles. The molecule has 0 atom stereocenters. The first kappa shape index (κ1) is 16.2. The number of piperidine rings is 1. The van der Waals surface area contributed by atoms with Gasteiger partial charge in [0.1, 0.15) is 0 Å². The van der Waals surface area contributed by atoms with E-state index in [0.29, 0.717) is 13.0 Å². The van der Waals surface area contributed by atoms with Crippen LogP contribution in [0.1, 0.15) is 51.4 Å². The van der Waals surface area contributed by atoms with Crippen LogP contribution in [0.4, 0.5) is 0 Å². The molecule has 2 fully saturated rings. The Bertz CT molecular complexity index is 372. The van der Waals surface area contributed by atoms with Crippen molar-refractivity contribution in [2.45, 2.75) is 62.9 Å². The van der Waals surface area contributed by atoms with Crippen molar-refractivity contribution in [1.29, 1.82) is 0 Å². The Hall–Kier alpha value is -1.14. The second-order valence-electron chi connectivity index (χ2n) is 6.68. The van der Waals surface area contributed by atoms with Crippen LogP contribution in [0.5, 0.6) is 0 Å². The molecule has 120 valence electrons. The zero-order valence-electron chi connectivity index (χ0n) is 12.8. The number of carbonyl (C=O) groups excluding carboxylic acids is 2. The van der Waals surface area contributed by atoms with Gasteiger partial charge < -0.3 is 16.8 Å². The van der Waals surface area contributed by atoms with Gasteiger partial charge in [-0.25, -0.2) is 0 Å². The number of primary amides is 1. The third-order valence-corrected chi connectivity index (χ3v) is 4.69. The molecule has 21 heavy (non-hydrogen) atoms. The van der Waals surface area contributed by atoms with Crippen molar-refractivity contribution in [3.8, 4) is 0 Å². The van der Waals surface area contributed by atoms with Crippen molar-refractivity contribution < 1.29 is 9.59 Å². The number of nitrogens with one attached hydrogen (secondary N) is 1. The van der Waals surface area contributed by atoms with Crippen LogP contribution >= 0.6 is 0 Å². The first-order valence-corrected chi connectivity index (χ1v) is 8.06. The number of amides is 2. The van der Waals surface area contributed by atoms with Crippen molar-refractivity contribution in [3.63, 3.8) is 0 Å². The van der Waals surface area contributed by atoms with Crippen LogP contribution in [-0.4, -0.2) is 47.9 Å². The summed E-state index contributed by atoms with van der Waals surface area (Å²) in [5.74, 6) is -0.215. The molecule has 0 bridgehead atoms. The first-order chi connectivity index (χ1) is 9.97. The van der Waals surface area contributed by atoms with E-state index in [0.717, 1.165) is 51.6 Å². The summed E-state index contributed by atoms with van der Waals surface area (Å²) in [7, 11) is 0. The molecule has 0 spiro atoms. The predicted molar refractivity (Wildman–Crippen MR) is 81.4 cm³/mol. The fourth-order valence-corrected chi connectivity index (χ4v) is 3.49. The maximum Gasteiger partial charge on any atom is 0.231 e. The number of hydrogen-bond acceptors (Lipinski definition) is 4. The van der Waals surface area contributed by atoms with E-state index in [9.17, 15) is 9.59 Å². The number of hydrogen-bond donors (Lipinski definition) is 3. The normalized spacial score (nSPS) is 23.7. The smallest absolute Gasteiger partial charge is 0.231 e. The molecule has 1 saturated heterocycles. The second-order valence-corrected chi connectivity index (χ2v) is 6.68. The molecular formula is C15H28N4O2. The summed E-state index contributed by atoms with van der Waals surface area (Å²) >= 11 is 0. The van der Waals surface area contributed by atoms with Gasteiger partial charge in [0.2, 0.25) is 11.8 Å². The molecule has 0 aromatic carbocycles. The van der Waals surface area contributed by atoms with Crippen LogP contribution in [0.25, 0.3) is 0 Å². The van der Waals surface area contributed by atoms with Crippen molar-refractivity contribution in [2.75, 3.05) is 19.6 Å². The molecule has 2 amide bonds. The van der Waals surface area contributed by atoms with E-state index in [4.69, 9.17) is 11.5 Å². The Kier molecular flexibility index (Phi) is 5.58. The third kappa shape index (κ3) is 5.28. The van der Waals surface area contributed by atoms with E-state index in [1.807, 2.05) is 4.90 Å². The first-order valence-electron chi connectivity index (χ1n) is 8.06. The minimum Gasteiger partial charge on any atom is -0.369 e. The van der Waals surface area contributed by atoms with Gasteiger partial charge in [-0.2, -0.15) is 0 Å². The predicted octanol–water partition coefficient (Wildman–Crippen LogP) is 0.104. The van der Waals surface area contributed by atoms with Crippen LogP contribution in [0, 0.1) is 0 Å². The molecule has 2 rings (SSSR count). The van der Waals surface area contributed by atoms with Gasteiger partial charge >= 0.3 is 0 Å². The molecule has 6 nitrogen and oxygen atoms in total. The summed E-state index contributed by atoms with van der Waals surface area (Å²) in [5, 5.41) is 3.10. The quantitative estimate of drug-likeness (QED) is 0.670. The van der Waals surface area contributed by atoms with Crippen molar-refractivity contribution in [3.05, 3.63) is 0 Å². The SMILES string of the molecule is NC(=O)CN1CCC(NC(=O)CC2(N)CCCCC2)CC1. The van der Waals surface area contributed by atoms with Crippen molar-refractivity contribution in [2.24, 2.45) is 11.5 Å². The van der Waals surface area contributed by atoms with Gasteiger partial charge in [0.25, 0.3) is 0 Å². The fourth-order valence-electron chi connectivity index (χ4n) is 3.49. The van der Waals surface area contributed by atoms with Crippen LogP contribution < -0.4 is 16.8 Å². The van der Waals surface area contributed by atoms with Gasteiger partial charge in [-0.1, -0.05) is 19.3 Å². The van der Waals surface area contributed by atoms with Gasteiger partial charge in [-0.05, 0) is 25.7 Å². The Balaban J connectivity index is 1.70. The van der Waals surface area contributed by atoms with Crippen molar-refractivity contribution >= 4 is 11.8 Å². The summed E-state index contributed by atoms with van der Waals surface area (Å²) in [6.07, 6.45) is 7.60. The largest absolute Gasteiger partial charge is 0.369 e. The van der Waals surface area contributed by atoms with E-state index >= 15 is 0 Å². The van der Waals surface area contributed by atoms with E-state index in [1.165, 1.54) is 6.42 Å². The minimum atomic E-state index is -0.297. The summed E-state index contributed by atoms with van der Waals surface area (Å²) < 4.78 is 0. The van der Waals surface area contributed by atoms with Gasteiger partial charge in [-0.3, -0.25) is 14.5 Å². The lowest BCUT2D eigenvalue weighted by Gasteiger charge is -2.35. The minimum absolute atomic E-state index is 0.0766. The van der Waals surface area contributed by atoms with Crippen LogP contribution in [0.15, 0.2) is 0 Å². The Morgan fingerprint density at radius 1 is 1.14 bits per heavy atom. The monoisotopic (exact) mass is 296 g/mol. The summed E-state index contributed by atoms with van der Waals surface area (Å²) in [5.41, 5.74) is 11.2. The molecule has 1 heterocycles. The molecule has 5 N–H and O–H groups in total. The zero-order valence-corrected chi connectivity index (χ0v) is 12.8. The average Bonchev–Trinajstić information content (AvgIpc) is 2.40. The highest BCUT2D eigenvalue weighted by Crippen LogP contribution is 2.28. The van der Waals surface area contributed by atoms with Crippen LogP contribution in [-0.2, 0) is 9.59 Å². The number of rotatable bonds is 5. The summed E-state index contributed by atoms with van der Waals surface area (Å²) in [6.45, 7) is 1.93. The van der Waals surface area contributed by atoms with E-state index in [2.05, 4.69) is 5.32 Å². The molecule has 0 aromatic heterocycles. The molecule has 2 aliphatic rings. The maximum atomic E-state index is 12.2. The Labute approximate surface area is 126 Å². The number of nitrogens with two attached hydrogens (primary N) is 2. The second kappa shape index (κ2) is 7.22. The van der Waals surface area contributed by atoms with Crippen LogP contribution in [0.2, 0.25) is 0 Å². The molecule has 0 aromatic rings. The maximum absolute atomic E-state index is 12.2. The molecular weight excluding hydrogens is 268 g/mol. The third-order valence-electron chi connectivity index (χ3n) is 4.69. The standard InChI is InChI=1S/C15H28N4O2/c16-13(20)11-19-8-4-12(5-9-19)18-14(21)10-15(17)6-2-1-3-7-15/h12H,1-11,17H2,(H2,16,20)(H,18,21). The van der Waals surface area contributed by atoms with Crippen molar-refractivity contribution in [1.82, 2.24) is 10.2 Å². The highest BCUT2D eigenvalue weighted by atomic mass is 16.2. The zero-order chi connectivity index (χ0) is 15.3. The van der Waals surface area contributed by atoms with Crippen LogP contribution in [0.3, 0.4) is 0 Å². The number of carbonyl (C=O) groups is 2. The highest BCUT2D eigenvalue weighted by molar-refractivity contribution is 5.77. The molecule has 1 saturated carbocycles. The Morgan fingerprint density at radius 3 is 2.33 bits per heavy atom. The topological polar surface area (TPSA) is 101 Å². The van der Waals surface area contributed by atoms with E-state index in [-0.39, 0.29) is 23.4 Å². The number of nitrogens with zero attached hydrogens (tertiary/aromatic N) is 1. The fraction of sp³-hybridized carbons (Fsp3) is 0.867. The number of likely N-dealkylation sites (tertiary alicyclic amines) is 1. The molecule has 6 heteroatoms. The van der Waals surface area contributed by atoms with Gasteiger partial charge in [0, 0.05) is 31.1 Å². The lowest BCUT2D eigenvalue weighted by atomic mass is 9.80. The molecule has 1 aliphatic carbocycles. The summed E-state index contributed by atoms with van der Waals surface area (Å²) in [4.78, 5) is 25.1. The molecule has 0 radical (unpaired) electrons. The van der Waals surface area contributed by atoms with Gasteiger partial charge in [-0.15, -0.1) is 0 Å². The van der Waals surface area contributed by atoms with Gasteiger partial charge in [0.15, 0.2) is 0 Å². The van der Waals surface area contributed by atoms with E-state index < -0.39 is 0 Å². The molecule has 0 unspecified atom stereocenters. The highest BCUT2D eigenvalue weighted by Gasteiger charge is 2.31. The summed E-state index contributed by atoms with van der Waals surface area (Å²) in [6, 6.07) is 0.203.